The van der Waals surface area contributed by atoms with Crippen LogP contribution in [0.5, 0.6) is 5.75 Å². The quantitative estimate of drug-likeness (QED) is 0.679. The minimum absolute atomic E-state index is 0.00474. The van der Waals surface area contributed by atoms with Crippen molar-refractivity contribution in [3.63, 3.8) is 0 Å². The number of hydrogen-bond donors (Lipinski definition) is 1. The van der Waals surface area contributed by atoms with Crippen LogP contribution in [-0.4, -0.2) is 41.9 Å². The second kappa shape index (κ2) is 8.64. The molecule has 3 rings (SSSR count). The SMILES string of the molecule is COc1cccc2sc(NC(=O)CN(CCc3ccccc3)C(C)=O)nc12. The van der Waals surface area contributed by atoms with Gasteiger partial charge in [0.05, 0.1) is 18.4 Å². The van der Waals surface area contributed by atoms with Gasteiger partial charge in [0, 0.05) is 13.5 Å². The first-order chi connectivity index (χ1) is 13.1. The summed E-state index contributed by atoms with van der Waals surface area (Å²) in [5.41, 5.74) is 1.84. The highest BCUT2D eigenvalue weighted by atomic mass is 32.1. The lowest BCUT2D eigenvalue weighted by molar-refractivity contribution is -0.132. The second-order valence-electron chi connectivity index (χ2n) is 6.05. The Kier molecular flexibility index (Phi) is 6.03. The Morgan fingerprint density at radius 1 is 1.15 bits per heavy atom. The smallest absolute Gasteiger partial charge is 0.245 e. The van der Waals surface area contributed by atoms with Crippen molar-refractivity contribution >= 4 is 38.5 Å². The van der Waals surface area contributed by atoms with E-state index in [4.69, 9.17) is 4.74 Å². The normalized spacial score (nSPS) is 10.6. The highest BCUT2D eigenvalue weighted by Crippen LogP contribution is 2.31. The maximum absolute atomic E-state index is 12.4. The molecule has 2 amide bonds. The summed E-state index contributed by atoms with van der Waals surface area (Å²) in [4.78, 5) is 30.3. The highest BCUT2D eigenvalue weighted by Gasteiger charge is 2.16. The van der Waals surface area contributed by atoms with Crippen LogP contribution in [0.1, 0.15) is 12.5 Å². The summed E-state index contributed by atoms with van der Waals surface area (Å²) < 4.78 is 6.22. The van der Waals surface area contributed by atoms with Crippen molar-refractivity contribution in [2.75, 3.05) is 25.5 Å². The third-order valence-corrected chi connectivity index (χ3v) is 5.08. The first-order valence-corrected chi connectivity index (χ1v) is 9.41. The van der Waals surface area contributed by atoms with E-state index in [1.807, 2.05) is 48.5 Å². The fourth-order valence-corrected chi connectivity index (χ4v) is 3.63. The number of benzene rings is 2. The van der Waals surface area contributed by atoms with E-state index in [2.05, 4.69) is 10.3 Å². The number of nitrogens with zero attached hydrogens (tertiary/aromatic N) is 2. The van der Waals surface area contributed by atoms with Crippen LogP contribution in [0, 0.1) is 0 Å². The van der Waals surface area contributed by atoms with Crippen LogP contribution >= 0.6 is 11.3 Å². The van der Waals surface area contributed by atoms with Gasteiger partial charge in [-0.3, -0.25) is 9.59 Å². The van der Waals surface area contributed by atoms with Crippen molar-refractivity contribution in [1.29, 1.82) is 0 Å². The number of amides is 2. The molecule has 0 aliphatic carbocycles. The predicted octanol–water partition coefficient (Wildman–Crippen LogP) is 3.33. The molecule has 0 bridgehead atoms. The van der Waals surface area contributed by atoms with E-state index in [9.17, 15) is 9.59 Å². The Morgan fingerprint density at radius 2 is 1.93 bits per heavy atom. The van der Waals surface area contributed by atoms with Gasteiger partial charge >= 0.3 is 0 Å². The molecule has 0 unspecified atom stereocenters. The summed E-state index contributed by atoms with van der Waals surface area (Å²) in [6.45, 7) is 1.95. The first kappa shape index (κ1) is 18.8. The first-order valence-electron chi connectivity index (χ1n) is 8.59. The molecule has 1 heterocycles. The molecule has 6 nitrogen and oxygen atoms in total. The number of thiazole rings is 1. The third kappa shape index (κ3) is 4.83. The summed E-state index contributed by atoms with van der Waals surface area (Å²) in [5, 5.41) is 3.28. The van der Waals surface area contributed by atoms with Gasteiger partial charge in [0.2, 0.25) is 11.8 Å². The van der Waals surface area contributed by atoms with E-state index in [0.29, 0.717) is 29.4 Å². The Hall–Kier alpha value is -2.93. The lowest BCUT2D eigenvalue weighted by Gasteiger charge is -2.20. The zero-order chi connectivity index (χ0) is 19.2. The topological polar surface area (TPSA) is 71.5 Å². The predicted molar refractivity (Wildman–Crippen MR) is 107 cm³/mol. The summed E-state index contributed by atoms with van der Waals surface area (Å²) >= 11 is 1.37. The number of anilines is 1. The Bertz CT molecular complexity index is 940. The van der Waals surface area contributed by atoms with Crippen LogP contribution in [0.4, 0.5) is 5.13 Å². The average molecular weight is 383 g/mol. The molecule has 140 valence electrons. The Morgan fingerprint density at radius 3 is 2.63 bits per heavy atom. The molecule has 0 saturated heterocycles. The van der Waals surface area contributed by atoms with E-state index < -0.39 is 0 Å². The van der Waals surface area contributed by atoms with Gasteiger partial charge in [-0.1, -0.05) is 47.7 Å². The molecule has 2 aromatic carbocycles. The highest BCUT2D eigenvalue weighted by molar-refractivity contribution is 7.22. The Balaban J connectivity index is 1.63. The number of fused-ring (bicyclic) bond motifs is 1. The molecule has 1 aromatic heterocycles. The van der Waals surface area contributed by atoms with Crippen molar-refractivity contribution in [1.82, 2.24) is 9.88 Å². The summed E-state index contributed by atoms with van der Waals surface area (Å²) in [7, 11) is 1.59. The average Bonchev–Trinajstić information content (AvgIpc) is 3.07. The van der Waals surface area contributed by atoms with Gasteiger partial charge in [-0.15, -0.1) is 0 Å². The van der Waals surface area contributed by atoms with Crippen molar-refractivity contribution < 1.29 is 14.3 Å². The summed E-state index contributed by atoms with van der Waals surface area (Å²) in [6.07, 6.45) is 0.700. The number of carbonyl (C=O) groups excluding carboxylic acids is 2. The van der Waals surface area contributed by atoms with Crippen LogP contribution in [-0.2, 0) is 16.0 Å². The van der Waals surface area contributed by atoms with Crippen LogP contribution in [0.25, 0.3) is 10.2 Å². The van der Waals surface area contributed by atoms with Crippen LogP contribution in [0.15, 0.2) is 48.5 Å². The largest absolute Gasteiger partial charge is 0.494 e. The molecule has 3 aromatic rings. The molecular formula is C20H21N3O3S. The van der Waals surface area contributed by atoms with Gasteiger partial charge in [0.1, 0.15) is 11.3 Å². The van der Waals surface area contributed by atoms with E-state index in [-0.39, 0.29) is 18.4 Å². The van der Waals surface area contributed by atoms with Crippen molar-refractivity contribution in [2.24, 2.45) is 0 Å². The van der Waals surface area contributed by atoms with Crippen LogP contribution < -0.4 is 10.1 Å². The summed E-state index contributed by atoms with van der Waals surface area (Å²) in [6, 6.07) is 15.5. The molecule has 0 spiro atoms. The van der Waals surface area contributed by atoms with Crippen molar-refractivity contribution in [3.8, 4) is 5.75 Å². The number of nitrogens with one attached hydrogen (secondary N) is 1. The number of aromatic nitrogens is 1. The van der Waals surface area contributed by atoms with E-state index in [0.717, 1.165) is 10.3 Å². The van der Waals surface area contributed by atoms with E-state index in [1.54, 1.807) is 7.11 Å². The molecule has 0 aliphatic rings. The van der Waals surface area contributed by atoms with Gasteiger partial charge in [-0.2, -0.15) is 0 Å². The number of rotatable bonds is 7. The zero-order valence-corrected chi connectivity index (χ0v) is 16.1. The molecule has 0 atom stereocenters. The molecule has 7 heteroatoms. The molecule has 0 aliphatic heterocycles. The number of ether oxygens (including phenoxy) is 1. The lowest BCUT2D eigenvalue weighted by atomic mass is 10.1. The third-order valence-electron chi connectivity index (χ3n) is 4.14. The molecule has 27 heavy (non-hydrogen) atoms. The zero-order valence-electron chi connectivity index (χ0n) is 15.3. The minimum atomic E-state index is -0.267. The Labute approximate surface area is 161 Å². The van der Waals surface area contributed by atoms with Crippen molar-refractivity contribution in [2.45, 2.75) is 13.3 Å². The number of hydrogen-bond acceptors (Lipinski definition) is 5. The molecule has 0 saturated carbocycles. The van der Waals surface area contributed by atoms with Gasteiger partial charge in [0.15, 0.2) is 5.13 Å². The lowest BCUT2D eigenvalue weighted by Crippen LogP contribution is -2.37. The monoisotopic (exact) mass is 383 g/mol. The molecule has 1 N–H and O–H groups in total. The molecular weight excluding hydrogens is 362 g/mol. The fraction of sp³-hybridized carbons (Fsp3) is 0.250. The van der Waals surface area contributed by atoms with E-state index in [1.165, 1.54) is 23.2 Å². The van der Waals surface area contributed by atoms with Gasteiger partial charge in [0.25, 0.3) is 0 Å². The summed E-state index contributed by atoms with van der Waals surface area (Å²) in [5.74, 6) is 0.265. The second-order valence-corrected chi connectivity index (χ2v) is 7.08. The standard InChI is InChI=1S/C20H21N3O3S/c1-14(24)23(12-11-15-7-4-3-5-8-15)13-18(25)21-20-22-19-16(26-2)9-6-10-17(19)27-20/h3-10H,11-13H2,1-2H3,(H,21,22,25). The number of methoxy groups -OCH3 is 1. The van der Waals surface area contributed by atoms with Gasteiger partial charge in [-0.05, 0) is 24.1 Å². The number of para-hydroxylation sites is 1. The van der Waals surface area contributed by atoms with Crippen LogP contribution in [0.3, 0.4) is 0 Å². The maximum atomic E-state index is 12.4. The fourth-order valence-electron chi connectivity index (χ4n) is 2.73. The van der Waals surface area contributed by atoms with Gasteiger partial charge in [-0.25, -0.2) is 4.98 Å². The van der Waals surface area contributed by atoms with E-state index >= 15 is 0 Å². The number of carbonyl (C=O) groups is 2. The van der Waals surface area contributed by atoms with Gasteiger partial charge < -0.3 is 15.0 Å². The van der Waals surface area contributed by atoms with Crippen LogP contribution in [0.2, 0.25) is 0 Å². The minimum Gasteiger partial charge on any atom is -0.494 e. The van der Waals surface area contributed by atoms with Crippen molar-refractivity contribution in [3.05, 3.63) is 54.1 Å². The maximum Gasteiger partial charge on any atom is 0.245 e. The molecule has 0 radical (unpaired) electrons. The molecule has 0 fully saturated rings.